The Labute approximate surface area is 232 Å². The Kier molecular flexibility index (Phi) is 7.95. The van der Waals surface area contributed by atoms with Crippen LogP contribution in [-0.2, 0) is 19.4 Å². The fraction of sp³-hybridized carbons (Fsp3) is 0.172. The number of nitrogens with zero attached hydrogens (tertiary/aromatic N) is 2. The number of carbonyl (C=O) groups is 1. The number of para-hydroxylation sites is 1. The van der Waals surface area contributed by atoms with Crippen molar-refractivity contribution in [1.29, 1.82) is 0 Å². The first-order valence-corrected chi connectivity index (χ1v) is 13.8. The van der Waals surface area contributed by atoms with Crippen LogP contribution in [0.1, 0.15) is 44.8 Å². The number of carbonyl (C=O) groups excluding carboxylic acids is 1. The van der Waals surface area contributed by atoms with Gasteiger partial charge in [-0.2, -0.15) is 0 Å². The van der Waals surface area contributed by atoms with Crippen molar-refractivity contribution >= 4 is 55.8 Å². The van der Waals surface area contributed by atoms with Crippen LogP contribution in [0.2, 0.25) is 0 Å². The highest BCUT2D eigenvalue weighted by atomic mass is 79.9. The lowest BCUT2D eigenvalue weighted by molar-refractivity contribution is -0.384. The molecule has 0 saturated carbocycles. The summed E-state index contributed by atoms with van der Waals surface area (Å²) in [6.07, 6.45) is 5.84. The molecule has 7 nitrogen and oxygen atoms in total. The number of amides is 1. The number of rotatable bonds is 8. The number of thiophene rings is 1. The van der Waals surface area contributed by atoms with Gasteiger partial charge in [-0.05, 0) is 101 Å². The van der Waals surface area contributed by atoms with Gasteiger partial charge in [-0.15, -0.1) is 11.3 Å². The third-order valence-electron chi connectivity index (χ3n) is 6.24. The number of halogens is 1. The van der Waals surface area contributed by atoms with Crippen LogP contribution in [0, 0.1) is 10.1 Å². The number of hydrogen-bond donors (Lipinski definition) is 1. The van der Waals surface area contributed by atoms with E-state index in [1.807, 2.05) is 48.5 Å². The van der Waals surface area contributed by atoms with Gasteiger partial charge in [-0.3, -0.25) is 14.9 Å². The van der Waals surface area contributed by atoms with E-state index in [0.717, 1.165) is 57.5 Å². The minimum Gasteiger partial charge on any atom is -0.488 e. The molecule has 1 aromatic heterocycles. The first-order valence-electron chi connectivity index (χ1n) is 12.2. The van der Waals surface area contributed by atoms with Crippen LogP contribution in [0.5, 0.6) is 5.75 Å². The van der Waals surface area contributed by atoms with E-state index in [2.05, 4.69) is 21.2 Å². The zero-order valence-corrected chi connectivity index (χ0v) is 22.8. The number of nitro groups is 1. The van der Waals surface area contributed by atoms with E-state index in [0.29, 0.717) is 11.3 Å². The van der Waals surface area contributed by atoms with Crippen molar-refractivity contribution in [1.82, 2.24) is 0 Å². The van der Waals surface area contributed by atoms with Gasteiger partial charge in [0.25, 0.3) is 11.6 Å². The third kappa shape index (κ3) is 6.00. The zero-order chi connectivity index (χ0) is 26.5. The molecule has 9 heteroatoms. The van der Waals surface area contributed by atoms with Gasteiger partial charge in [-0.25, -0.2) is 4.99 Å². The average Bonchev–Trinajstić information content (AvgIpc) is 3.31. The molecule has 0 saturated heterocycles. The maximum absolute atomic E-state index is 13.3. The van der Waals surface area contributed by atoms with Crippen molar-refractivity contribution in [2.24, 2.45) is 4.99 Å². The van der Waals surface area contributed by atoms with Crippen LogP contribution < -0.4 is 10.1 Å². The van der Waals surface area contributed by atoms with E-state index >= 15 is 0 Å². The molecule has 0 bridgehead atoms. The van der Waals surface area contributed by atoms with E-state index in [4.69, 9.17) is 9.73 Å². The summed E-state index contributed by atoms with van der Waals surface area (Å²) in [6, 6.07) is 21.4. The smallest absolute Gasteiger partial charge is 0.269 e. The molecule has 192 valence electrons. The summed E-state index contributed by atoms with van der Waals surface area (Å²) < 4.78 is 6.65. The topological polar surface area (TPSA) is 93.8 Å². The lowest BCUT2D eigenvalue weighted by atomic mass is 9.95. The monoisotopic (exact) mass is 589 g/mol. The Morgan fingerprint density at radius 3 is 2.58 bits per heavy atom. The van der Waals surface area contributed by atoms with Crippen LogP contribution in [0.25, 0.3) is 0 Å². The molecule has 0 atom stereocenters. The molecule has 0 spiro atoms. The van der Waals surface area contributed by atoms with Crippen LogP contribution in [0.15, 0.2) is 82.3 Å². The van der Waals surface area contributed by atoms with E-state index in [9.17, 15) is 14.9 Å². The molecule has 4 aromatic rings. The number of nitrogens with one attached hydrogen (secondary N) is 1. The Hall–Kier alpha value is -3.82. The van der Waals surface area contributed by atoms with Gasteiger partial charge in [0.2, 0.25) is 0 Å². The van der Waals surface area contributed by atoms with Crippen LogP contribution >= 0.6 is 27.3 Å². The maximum atomic E-state index is 13.3. The normalized spacial score (nSPS) is 12.8. The number of anilines is 1. The number of benzene rings is 3. The number of ether oxygens (including phenoxy) is 1. The van der Waals surface area contributed by atoms with Crippen molar-refractivity contribution in [2.45, 2.75) is 32.3 Å². The number of fused-ring (bicyclic) bond motifs is 1. The van der Waals surface area contributed by atoms with Gasteiger partial charge in [0, 0.05) is 28.9 Å². The zero-order valence-electron chi connectivity index (χ0n) is 20.4. The fourth-order valence-electron chi connectivity index (χ4n) is 4.31. The van der Waals surface area contributed by atoms with Crippen molar-refractivity contribution in [3.05, 3.63) is 115 Å². The molecule has 3 aromatic carbocycles. The minimum absolute atomic E-state index is 0.0471. The molecule has 0 radical (unpaired) electrons. The Morgan fingerprint density at radius 1 is 1.08 bits per heavy atom. The van der Waals surface area contributed by atoms with Gasteiger partial charge in [0.15, 0.2) is 0 Å². The van der Waals surface area contributed by atoms with Crippen molar-refractivity contribution in [2.75, 3.05) is 5.32 Å². The lowest BCUT2D eigenvalue weighted by Crippen LogP contribution is -2.14. The molecular weight excluding hydrogens is 566 g/mol. The summed E-state index contributed by atoms with van der Waals surface area (Å²) in [5.41, 5.74) is 4.30. The van der Waals surface area contributed by atoms with Gasteiger partial charge in [0.05, 0.1) is 15.0 Å². The molecule has 1 aliphatic rings. The van der Waals surface area contributed by atoms with Crippen LogP contribution in [-0.4, -0.2) is 17.0 Å². The van der Waals surface area contributed by atoms with Gasteiger partial charge in [-0.1, -0.05) is 18.2 Å². The van der Waals surface area contributed by atoms with Gasteiger partial charge < -0.3 is 10.1 Å². The molecule has 5 rings (SSSR count). The highest BCUT2D eigenvalue weighted by Crippen LogP contribution is 2.40. The highest BCUT2D eigenvalue weighted by molar-refractivity contribution is 9.10. The second-order valence-corrected chi connectivity index (χ2v) is 10.8. The molecule has 38 heavy (non-hydrogen) atoms. The molecule has 0 unspecified atom stereocenters. The van der Waals surface area contributed by atoms with Crippen LogP contribution in [0.4, 0.5) is 16.4 Å². The molecule has 1 N–H and O–H groups in total. The Morgan fingerprint density at radius 2 is 1.84 bits per heavy atom. The first kappa shape index (κ1) is 25.8. The second-order valence-electron chi connectivity index (χ2n) is 8.87. The van der Waals surface area contributed by atoms with Gasteiger partial charge in [0.1, 0.15) is 17.4 Å². The first-order chi connectivity index (χ1) is 18.5. The van der Waals surface area contributed by atoms with Crippen molar-refractivity contribution in [3.8, 4) is 5.75 Å². The van der Waals surface area contributed by atoms with E-state index < -0.39 is 4.92 Å². The number of non-ortho nitro benzene ring substituents is 1. The van der Waals surface area contributed by atoms with Crippen molar-refractivity contribution < 1.29 is 14.5 Å². The average molecular weight is 590 g/mol. The SMILES string of the molecule is O=C(Nc1ccccc1)c1c(N=Cc2ccc(OCc3ccc([N+](=O)[O-])cc3)c(Br)c2)sc2c1CCCC2. The predicted octanol–water partition coefficient (Wildman–Crippen LogP) is 7.88. The van der Waals surface area contributed by atoms with Gasteiger partial charge >= 0.3 is 0 Å². The van der Waals surface area contributed by atoms with E-state index in [1.54, 1.807) is 29.7 Å². The van der Waals surface area contributed by atoms with E-state index in [-0.39, 0.29) is 18.2 Å². The van der Waals surface area contributed by atoms with Crippen LogP contribution in [0.3, 0.4) is 0 Å². The lowest BCUT2D eigenvalue weighted by Gasteiger charge is -2.12. The number of aryl methyl sites for hydroxylation is 1. The molecule has 0 fully saturated rings. The summed E-state index contributed by atoms with van der Waals surface area (Å²) in [4.78, 5) is 29.7. The quantitative estimate of drug-likeness (QED) is 0.128. The fourth-order valence-corrected chi connectivity index (χ4v) is 6.06. The molecule has 1 aliphatic carbocycles. The third-order valence-corrected chi connectivity index (χ3v) is 8.06. The molecule has 1 heterocycles. The van der Waals surface area contributed by atoms with E-state index in [1.165, 1.54) is 17.0 Å². The summed E-state index contributed by atoms with van der Waals surface area (Å²) in [7, 11) is 0. The number of aliphatic imine (C=N–C) groups is 1. The maximum Gasteiger partial charge on any atom is 0.269 e. The summed E-state index contributed by atoms with van der Waals surface area (Å²) in [6.45, 7) is 0.282. The van der Waals surface area contributed by atoms with Crippen molar-refractivity contribution in [3.63, 3.8) is 0 Å². The Bertz CT molecular complexity index is 1500. The summed E-state index contributed by atoms with van der Waals surface area (Å²) >= 11 is 5.16. The molecular formula is C29H24BrN3O4S. The highest BCUT2D eigenvalue weighted by Gasteiger charge is 2.25. The predicted molar refractivity (Wildman–Crippen MR) is 154 cm³/mol. The second kappa shape index (κ2) is 11.7. The summed E-state index contributed by atoms with van der Waals surface area (Å²) in [5.74, 6) is 0.522. The number of nitro benzene ring substituents is 1. The molecule has 0 aliphatic heterocycles. The standard InChI is InChI=1S/C29H24BrN3O4S/c30-24-16-20(12-15-25(24)37-18-19-10-13-22(14-11-19)33(35)36)17-31-29-27(23-8-4-5-9-26(23)38-29)28(34)32-21-6-2-1-3-7-21/h1-3,6-7,10-17H,4-5,8-9,18H2,(H,32,34). The largest absolute Gasteiger partial charge is 0.488 e. The Balaban J connectivity index is 1.32. The summed E-state index contributed by atoms with van der Waals surface area (Å²) in [5, 5.41) is 14.6. The number of hydrogen-bond acceptors (Lipinski definition) is 6. The molecule has 1 amide bonds. The minimum atomic E-state index is -0.425.